The topological polar surface area (TPSA) is 68.0 Å². The van der Waals surface area contributed by atoms with E-state index in [0.717, 1.165) is 11.2 Å². The van der Waals surface area contributed by atoms with E-state index in [0.29, 0.717) is 5.52 Å². The van der Waals surface area contributed by atoms with Crippen LogP contribution in [0.1, 0.15) is 29.0 Å². The maximum atomic E-state index is 11.2. The molecule has 0 aliphatic heterocycles. The van der Waals surface area contributed by atoms with Crippen LogP contribution in [0.5, 0.6) is 0 Å². The van der Waals surface area contributed by atoms with Crippen molar-refractivity contribution in [2.45, 2.75) is 13.0 Å². The summed E-state index contributed by atoms with van der Waals surface area (Å²) >= 11 is 0. The SMILES string of the molecule is CC(c1ccccn1)n1cnc2c(C(=O)O)cccc21. The highest BCUT2D eigenvalue weighted by Gasteiger charge is 2.16. The second kappa shape index (κ2) is 4.77. The first kappa shape index (κ1) is 12.3. The third-order valence-corrected chi connectivity index (χ3v) is 3.37. The standard InChI is InChI=1S/C15H13N3O2/c1-10(12-6-2-3-8-16-12)18-9-17-14-11(15(19)20)5-4-7-13(14)18/h2-10H,1H3,(H,19,20). The lowest BCUT2D eigenvalue weighted by atomic mass is 10.1. The van der Waals surface area contributed by atoms with Crippen molar-refractivity contribution in [3.05, 3.63) is 60.2 Å². The van der Waals surface area contributed by atoms with E-state index in [-0.39, 0.29) is 11.6 Å². The number of rotatable bonds is 3. The van der Waals surface area contributed by atoms with E-state index in [1.165, 1.54) is 0 Å². The minimum Gasteiger partial charge on any atom is -0.478 e. The maximum absolute atomic E-state index is 11.2. The molecule has 0 saturated heterocycles. The summed E-state index contributed by atoms with van der Waals surface area (Å²) in [5.74, 6) is -0.966. The Labute approximate surface area is 115 Å². The molecule has 100 valence electrons. The lowest BCUT2D eigenvalue weighted by Crippen LogP contribution is -2.07. The van der Waals surface area contributed by atoms with Crippen molar-refractivity contribution < 1.29 is 9.90 Å². The van der Waals surface area contributed by atoms with Gasteiger partial charge in [0.15, 0.2) is 0 Å². The molecule has 0 aliphatic rings. The van der Waals surface area contributed by atoms with Crippen molar-refractivity contribution in [3.8, 4) is 0 Å². The summed E-state index contributed by atoms with van der Waals surface area (Å²) in [4.78, 5) is 19.8. The number of hydrogen-bond acceptors (Lipinski definition) is 3. The minimum atomic E-state index is -0.966. The molecular weight excluding hydrogens is 254 g/mol. The fraction of sp³-hybridized carbons (Fsp3) is 0.133. The lowest BCUT2D eigenvalue weighted by Gasteiger charge is -2.13. The Hall–Kier alpha value is -2.69. The van der Waals surface area contributed by atoms with E-state index >= 15 is 0 Å². The molecule has 0 fully saturated rings. The first-order valence-corrected chi connectivity index (χ1v) is 6.28. The predicted molar refractivity (Wildman–Crippen MR) is 74.7 cm³/mol. The van der Waals surface area contributed by atoms with Crippen LogP contribution in [0, 0.1) is 0 Å². The fourth-order valence-electron chi connectivity index (χ4n) is 2.30. The summed E-state index contributed by atoms with van der Waals surface area (Å²) in [5.41, 5.74) is 2.42. The number of benzene rings is 1. The van der Waals surface area contributed by atoms with Crippen molar-refractivity contribution in [2.24, 2.45) is 0 Å². The molecule has 1 unspecified atom stereocenters. The zero-order valence-corrected chi connectivity index (χ0v) is 10.9. The molecule has 0 aliphatic carbocycles. The number of hydrogen-bond donors (Lipinski definition) is 1. The molecule has 5 nitrogen and oxygen atoms in total. The van der Waals surface area contributed by atoms with Crippen molar-refractivity contribution in [1.82, 2.24) is 14.5 Å². The van der Waals surface area contributed by atoms with Crippen LogP contribution >= 0.6 is 0 Å². The number of pyridine rings is 1. The minimum absolute atomic E-state index is 0.00903. The van der Waals surface area contributed by atoms with E-state index in [4.69, 9.17) is 0 Å². The van der Waals surface area contributed by atoms with Gasteiger partial charge in [0.25, 0.3) is 0 Å². The lowest BCUT2D eigenvalue weighted by molar-refractivity contribution is 0.0699. The molecule has 1 N–H and O–H groups in total. The van der Waals surface area contributed by atoms with Crippen LogP contribution in [-0.2, 0) is 0 Å². The normalized spacial score (nSPS) is 12.4. The Morgan fingerprint density at radius 2 is 2.05 bits per heavy atom. The highest BCUT2D eigenvalue weighted by Crippen LogP contribution is 2.24. The summed E-state index contributed by atoms with van der Waals surface area (Å²) in [5, 5.41) is 9.19. The Balaban J connectivity index is 2.14. The first-order chi connectivity index (χ1) is 9.68. The van der Waals surface area contributed by atoms with Gasteiger partial charge in [-0.1, -0.05) is 12.1 Å². The summed E-state index contributed by atoms with van der Waals surface area (Å²) in [7, 11) is 0. The fourth-order valence-corrected chi connectivity index (χ4v) is 2.30. The molecule has 1 atom stereocenters. The van der Waals surface area contributed by atoms with Gasteiger partial charge in [0.05, 0.1) is 29.1 Å². The number of para-hydroxylation sites is 1. The number of nitrogens with zero attached hydrogens (tertiary/aromatic N) is 3. The molecule has 0 spiro atoms. The number of carboxylic acids is 1. The molecule has 1 aromatic carbocycles. The van der Waals surface area contributed by atoms with Crippen LogP contribution in [0.2, 0.25) is 0 Å². The second-order valence-electron chi connectivity index (χ2n) is 4.56. The first-order valence-electron chi connectivity index (χ1n) is 6.28. The number of carboxylic acid groups (broad SMARTS) is 1. The van der Waals surface area contributed by atoms with E-state index < -0.39 is 5.97 Å². The van der Waals surface area contributed by atoms with Gasteiger partial charge in [0.2, 0.25) is 0 Å². The average Bonchev–Trinajstić information content (AvgIpc) is 2.91. The molecule has 2 heterocycles. The number of carbonyl (C=O) groups is 1. The quantitative estimate of drug-likeness (QED) is 0.792. The molecule has 0 saturated carbocycles. The van der Waals surface area contributed by atoms with Crippen molar-refractivity contribution >= 4 is 17.0 Å². The Kier molecular flexibility index (Phi) is 2.95. The van der Waals surface area contributed by atoms with Crippen LogP contribution in [0.4, 0.5) is 0 Å². The molecule has 0 amide bonds. The molecule has 0 radical (unpaired) electrons. The van der Waals surface area contributed by atoms with Crippen molar-refractivity contribution in [2.75, 3.05) is 0 Å². The number of fused-ring (bicyclic) bond motifs is 1. The number of aromatic nitrogens is 3. The molecule has 5 heteroatoms. The van der Waals surface area contributed by atoms with Gasteiger partial charge >= 0.3 is 5.97 Å². The summed E-state index contributed by atoms with van der Waals surface area (Å²) < 4.78 is 1.93. The Morgan fingerprint density at radius 1 is 1.20 bits per heavy atom. The highest BCUT2D eigenvalue weighted by atomic mass is 16.4. The molecular formula is C15H13N3O2. The van der Waals surface area contributed by atoms with Crippen LogP contribution in [-0.4, -0.2) is 25.6 Å². The average molecular weight is 267 g/mol. The number of imidazole rings is 1. The van der Waals surface area contributed by atoms with Crippen molar-refractivity contribution in [3.63, 3.8) is 0 Å². The molecule has 0 bridgehead atoms. The Bertz CT molecular complexity index is 765. The van der Waals surface area contributed by atoms with Crippen LogP contribution in [0.3, 0.4) is 0 Å². The van der Waals surface area contributed by atoms with Crippen LogP contribution < -0.4 is 0 Å². The summed E-state index contributed by atoms with van der Waals surface area (Å²) in [6, 6.07) is 10.9. The van der Waals surface area contributed by atoms with Gasteiger partial charge < -0.3 is 9.67 Å². The molecule has 3 rings (SSSR count). The third kappa shape index (κ3) is 1.93. The molecule has 3 aromatic rings. The van der Waals surface area contributed by atoms with Gasteiger partial charge in [-0.2, -0.15) is 0 Å². The monoisotopic (exact) mass is 267 g/mol. The van der Waals surface area contributed by atoms with E-state index in [9.17, 15) is 9.90 Å². The van der Waals surface area contributed by atoms with Gasteiger partial charge in [-0.25, -0.2) is 9.78 Å². The zero-order valence-electron chi connectivity index (χ0n) is 10.9. The maximum Gasteiger partial charge on any atom is 0.337 e. The third-order valence-electron chi connectivity index (χ3n) is 3.37. The van der Waals surface area contributed by atoms with Crippen molar-refractivity contribution in [1.29, 1.82) is 0 Å². The van der Waals surface area contributed by atoms with Gasteiger partial charge in [0.1, 0.15) is 5.52 Å². The van der Waals surface area contributed by atoms with Gasteiger partial charge in [0, 0.05) is 6.20 Å². The smallest absolute Gasteiger partial charge is 0.337 e. The zero-order chi connectivity index (χ0) is 14.1. The highest BCUT2D eigenvalue weighted by molar-refractivity contribution is 6.00. The van der Waals surface area contributed by atoms with Gasteiger partial charge in [-0.15, -0.1) is 0 Å². The molecule has 2 aromatic heterocycles. The summed E-state index contributed by atoms with van der Waals surface area (Å²) in [6.45, 7) is 2.01. The van der Waals surface area contributed by atoms with E-state index in [2.05, 4.69) is 9.97 Å². The Morgan fingerprint density at radius 3 is 2.75 bits per heavy atom. The molecule has 20 heavy (non-hydrogen) atoms. The van der Waals surface area contributed by atoms with Gasteiger partial charge in [-0.05, 0) is 31.2 Å². The second-order valence-corrected chi connectivity index (χ2v) is 4.56. The van der Waals surface area contributed by atoms with E-state index in [1.54, 1.807) is 24.7 Å². The van der Waals surface area contributed by atoms with Gasteiger partial charge in [-0.3, -0.25) is 4.98 Å². The van der Waals surface area contributed by atoms with Crippen LogP contribution in [0.25, 0.3) is 11.0 Å². The predicted octanol–water partition coefficient (Wildman–Crippen LogP) is 2.74. The number of aromatic carboxylic acids is 1. The summed E-state index contributed by atoms with van der Waals surface area (Å²) in [6.07, 6.45) is 3.41. The van der Waals surface area contributed by atoms with Crippen LogP contribution in [0.15, 0.2) is 48.9 Å². The van der Waals surface area contributed by atoms with E-state index in [1.807, 2.05) is 35.8 Å². The largest absolute Gasteiger partial charge is 0.478 e.